The highest BCUT2D eigenvalue weighted by Gasteiger charge is 2.58. The molecular formula is C28H54O11. The number of aliphatic hydroxyl groups excluding tert-OH is 6. The lowest BCUT2D eigenvalue weighted by Crippen LogP contribution is -2.62. The van der Waals surface area contributed by atoms with Crippen molar-refractivity contribution >= 4 is 0 Å². The van der Waals surface area contributed by atoms with Crippen LogP contribution in [0.4, 0.5) is 0 Å². The van der Waals surface area contributed by atoms with Crippen LogP contribution in [0.15, 0.2) is 0 Å². The number of hydrogen-bond donors (Lipinski definition) is 6. The van der Waals surface area contributed by atoms with Crippen molar-refractivity contribution in [3.63, 3.8) is 0 Å². The first-order valence-corrected chi connectivity index (χ1v) is 15.0. The fourth-order valence-electron chi connectivity index (χ4n) is 4.97. The normalized spacial score (nSPS) is 35.1. The Balaban J connectivity index is 1.84. The first kappa shape index (κ1) is 34.8. The minimum absolute atomic E-state index is 0.0252. The Bertz CT molecular complexity index is 626. The Morgan fingerprint density at radius 1 is 0.615 bits per heavy atom. The van der Waals surface area contributed by atoms with E-state index in [2.05, 4.69) is 13.8 Å². The second-order valence-electron chi connectivity index (χ2n) is 10.9. The molecule has 0 radical (unpaired) electrons. The summed E-state index contributed by atoms with van der Waals surface area (Å²) in [5, 5.41) is 62.6. The molecule has 11 nitrogen and oxygen atoms in total. The SMILES string of the molecule is CCCCCCCCOC[C@H]1O[C@@](CO)(O[C@H]2O[C@H](COCCCCCCCC)[C@@H](O)[C@H](O)[C@H]2O)[C@@H](O)[C@@H]1O. The van der Waals surface area contributed by atoms with Gasteiger partial charge in [-0.25, -0.2) is 0 Å². The van der Waals surface area contributed by atoms with E-state index in [1.54, 1.807) is 0 Å². The average Bonchev–Trinajstić information content (AvgIpc) is 3.17. The molecule has 0 aromatic rings. The molecule has 0 bridgehead atoms. The van der Waals surface area contributed by atoms with Crippen LogP contribution in [0.5, 0.6) is 0 Å². The number of rotatable bonds is 21. The molecule has 0 aliphatic carbocycles. The van der Waals surface area contributed by atoms with Crippen molar-refractivity contribution in [3.8, 4) is 0 Å². The Kier molecular flexibility index (Phi) is 16.8. The van der Waals surface area contributed by atoms with Gasteiger partial charge >= 0.3 is 0 Å². The van der Waals surface area contributed by atoms with E-state index in [1.807, 2.05) is 0 Å². The fraction of sp³-hybridized carbons (Fsp3) is 1.00. The van der Waals surface area contributed by atoms with E-state index >= 15 is 0 Å². The van der Waals surface area contributed by atoms with Crippen molar-refractivity contribution in [2.45, 2.75) is 146 Å². The van der Waals surface area contributed by atoms with E-state index in [-0.39, 0.29) is 13.2 Å². The molecule has 2 aliphatic rings. The van der Waals surface area contributed by atoms with Crippen molar-refractivity contribution in [1.82, 2.24) is 0 Å². The van der Waals surface area contributed by atoms with Crippen molar-refractivity contribution in [2.24, 2.45) is 0 Å². The van der Waals surface area contributed by atoms with Crippen molar-refractivity contribution < 1.29 is 54.3 Å². The van der Waals surface area contributed by atoms with Gasteiger partial charge in [0.15, 0.2) is 6.29 Å². The van der Waals surface area contributed by atoms with Gasteiger partial charge in [0.05, 0.1) is 13.2 Å². The van der Waals surface area contributed by atoms with E-state index < -0.39 is 61.4 Å². The van der Waals surface area contributed by atoms with Gasteiger partial charge in [0.1, 0.15) is 49.3 Å². The zero-order chi connectivity index (χ0) is 28.7. The van der Waals surface area contributed by atoms with Gasteiger partial charge in [0.2, 0.25) is 5.79 Å². The second-order valence-corrected chi connectivity index (χ2v) is 10.9. The molecular weight excluding hydrogens is 512 g/mol. The summed E-state index contributed by atoms with van der Waals surface area (Å²) in [7, 11) is 0. The van der Waals surface area contributed by atoms with Gasteiger partial charge in [-0.3, -0.25) is 0 Å². The van der Waals surface area contributed by atoms with Crippen LogP contribution in [0.2, 0.25) is 0 Å². The summed E-state index contributed by atoms with van der Waals surface area (Å²) in [6, 6.07) is 0. The van der Waals surface area contributed by atoms with E-state index in [1.165, 1.54) is 38.5 Å². The zero-order valence-electron chi connectivity index (χ0n) is 23.9. The number of hydrogen-bond acceptors (Lipinski definition) is 11. The van der Waals surface area contributed by atoms with Crippen molar-refractivity contribution in [1.29, 1.82) is 0 Å². The maximum absolute atomic E-state index is 10.7. The van der Waals surface area contributed by atoms with Crippen LogP contribution >= 0.6 is 0 Å². The highest BCUT2D eigenvalue weighted by atomic mass is 16.8. The van der Waals surface area contributed by atoms with Crippen LogP contribution in [0.25, 0.3) is 0 Å². The molecule has 0 aromatic carbocycles. The zero-order valence-corrected chi connectivity index (χ0v) is 23.9. The van der Waals surface area contributed by atoms with Gasteiger partial charge in [0.25, 0.3) is 0 Å². The Hall–Kier alpha value is -0.440. The maximum atomic E-state index is 10.7. The first-order valence-electron chi connectivity index (χ1n) is 15.0. The van der Waals surface area contributed by atoms with Crippen LogP contribution in [0.1, 0.15) is 90.9 Å². The summed E-state index contributed by atoms with van der Waals surface area (Å²) >= 11 is 0. The minimum atomic E-state index is -2.12. The topological polar surface area (TPSA) is 168 Å². The Morgan fingerprint density at radius 2 is 1.13 bits per heavy atom. The van der Waals surface area contributed by atoms with Crippen LogP contribution in [-0.2, 0) is 23.7 Å². The van der Waals surface area contributed by atoms with Gasteiger partial charge in [-0.1, -0.05) is 78.1 Å². The van der Waals surface area contributed by atoms with Crippen LogP contribution in [0, 0.1) is 0 Å². The van der Waals surface area contributed by atoms with Gasteiger partial charge < -0.3 is 54.3 Å². The molecule has 0 unspecified atom stereocenters. The van der Waals surface area contributed by atoms with Gasteiger partial charge in [-0.05, 0) is 12.8 Å². The predicted molar refractivity (Wildman–Crippen MR) is 143 cm³/mol. The van der Waals surface area contributed by atoms with Crippen molar-refractivity contribution in [3.05, 3.63) is 0 Å². The molecule has 6 N–H and O–H groups in total. The van der Waals surface area contributed by atoms with E-state index in [0.717, 1.165) is 38.5 Å². The summed E-state index contributed by atoms with van der Waals surface area (Å²) in [6.07, 6.45) is 1.78. The summed E-state index contributed by atoms with van der Waals surface area (Å²) in [4.78, 5) is 0. The lowest BCUT2D eigenvalue weighted by atomic mass is 9.99. The molecule has 0 aromatic heterocycles. The molecule has 0 spiro atoms. The molecule has 2 saturated heterocycles. The molecule has 39 heavy (non-hydrogen) atoms. The summed E-state index contributed by atoms with van der Waals surface area (Å²) in [6.45, 7) is 4.32. The number of unbranched alkanes of at least 4 members (excludes halogenated alkanes) is 10. The largest absolute Gasteiger partial charge is 0.391 e. The number of ether oxygens (including phenoxy) is 5. The highest BCUT2D eigenvalue weighted by Crippen LogP contribution is 2.36. The average molecular weight is 567 g/mol. The lowest BCUT2D eigenvalue weighted by Gasteiger charge is -2.43. The van der Waals surface area contributed by atoms with Gasteiger partial charge in [-0.2, -0.15) is 0 Å². The summed E-state index contributed by atoms with van der Waals surface area (Å²) in [5.74, 6) is -2.12. The van der Waals surface area contributed by atoms with Gasteiger partial charge in [-0.15, -0.1) is 0 Å². The highest BCUT2D eigenvalue weighted by molar-refractivity contribution is 4.98. The molecule has 2 aliphatic heterocycles. The summed E-state index contributed by atoms with van der Waals surface area (Å²) in [5.41, 5.74) is 0. The molecule has 0 amide bonds. The van der Waals surface area contributed by atoms with E-state index in [0.29, 0.717) is 13.2 Å². The van der Waals surface area contributed by atoms with Crippen molar-refractivity contribution in [2.75, 3.05) is 33.0 Å². The first-order chi connectivity index (χ1) is 18.8. The molecule has 2 heterocycles. The third kappa shape index (κ3) is 10.7. The Morgan fingerprint density at radius 3 is 1.67 bits per heavy atom. The second kappa shape index (κ2) is 18.9. The van der Waals surface area contributed by atoms with Crippen LogP contribution < -0.4 is 0 Å². The Labute approximate surface area is 233 Å². The maximum Gasteiger partial charge on any atom is 0.224 e. The summed E-state index contributed by atoms with van der Waals surface area (Å²) < 4.78 is 28.3. The minimum Gasteiger partial charge on any atom is -0.391 e. The monoisotopic (exact) mass is 566 g/mol. The quantitative estimate of drug-likeness (QED) is 0.111. The van der Waals surface area contributed by atoms with E-state index in [4.69, 9.17) is 23.7 Å². The molecule has 232 valence electrons. The van der Waals surface area contributed by atoms with Crippen LogP contribution in [0.3, 0.4) is 0 Å². The fourth-order valence-corrected chi connectivity index (χ4v) is 4.97. The molecule has 2 rings (SSSR count). The third-order valence-corrected chi connectivity index (χ3v) is 7.56. The van der Waals surface area contributed by atoms with Gasteiger partial charge in [0, 0.05) is 13.2 Å². The number of aliphatic hydroxyl groups is 6. The molecule has 9 atom stereocenters. The third-order valence-electron chi connectivity index (χ3n) is 7.56. The smallest absolute Gasteiger partial charge is 0.224 e. The predicted octanol–water partition coefficient (Wildman–Crippen LogP) is 1.37. The molecule has 0 saturated carbocycles. The van der Waals surface area contributed by atoms with E-state index in [9.17, 15) is 30.6 Å². The molecule has 2 fully saturated rings. The standard InChI is InChI=1S/C28H54O11/c1-3-5-7-9-11-13-15-35-17-20-22(30)24(32)25(33)27(37-20)39-28(19-29)26(34)23(31)21(38-28)18-36-16-14-12-10-8-6-4-2/h20-27,29-34H,3-19H2,1-2H3/t20-,21-,22-,23-,24+,25-,26+,27-,28+/m1/s1. The molecule has 11 heteroatoms. The van der Waals surface area contributed by atoms with Crippen LogP contribution in [-0.4, -0.2) is 118 Å². The lowest BCUT2D eigenvalue weighted by molar-refractivity contribution is -0.384.